The maximum atomic E-state index is 12.1. The van der Waals surface area contributed by atoms with Crippen molar-refractivity contribution in [2.45, 2.75) is 12.8 Å². The smallest absolute Gasteiger partial charge is 0.357 e. The molecule has 2 aromatic carbocycles. The summed E-state index contributed by atoms with van der Waals surface area (Å²) in [6.45, 7) is 0.608. The number of nitrogen functional groups attached to an aromatic ring is 1. The number of nitrogens with zero attached hydrogens (tertiary/aromatic N) is 2. The molecule has 2 N–H and O–H groups in total. The number of ether oxygens (including phenoxy) is 2. The standard InChI is InChI=1S/C22H21N3O3/c1-27-22(26)21-20(24)17(14-23)15-25(21)18-9-11-19(12-10-18)28-13-5-8-16-6-3-2-4-7-16/h2-4,6-7,9-12,15H,5,8,13,24H2,1H3. The highest BCUT2D eigenvalue weighted by Crippen LogP contribution is 2.25. The molecule has 0 aliphatic heterocycles. The predicted octanol–water partition coefficient (Wildman–Crippen LogP) is 3.73. The molecule has 0 atom stereocenters. The van der Waals surface area contributed by atoms with Crippen molar-refractivity contribution in [3.8, 4) is 17.5 Å². The number of aryl methyl sites for hydroxylation is 1. The zero-order valence-corrected chi connectivity index (χ0v) is 15.6. The first-order chi connectivity index (χ1) is 13.6. The van der Waals surface area contributed by atoms with Gasteiger partial charge in [0.25, 0.3) is 0 Å². The largest absolute Gasteiger partial charge is 0.494 e. The lowest BCUT2D eigenvalue weighted by atomic mass is 10.1. The normalized spacial score (nSPS) is 10.3. The first-order valence-corrected chi connectivity index (χ1v) is 8.90. The van der Waals surface area contributed by atoms with Crippen LogP contribution in [-0.2, 0) is 11.2 Å². The van der Waals surface area contributed by atoms with E-state index in [0.717, 1.165) is 18.6 Å². The lowest BCUT2D eigenvalue weighted by molar-refractivity contribution is 0.0593. The molecule has 0 aliphatic rings. The third-order valence-electron chi connectivity index (χ3n) is 4.38. The van der Waals surface area contributed by atoms with Crippen molar-refractivity contribution in [1.82, 2.24) is 4.57 Å². The summed E-state index contributed by atoms with van der Waals surface area (Å²) < 4.78 is 12.1. The molecule has 0 saturated carbocycles. The highest BCUT2D eigenvalue weighted by molar-refractivity contribution is 5.95. The van der Waals surface area contributed by atoms with E-state index in [4.69, 9.17) is 15.2 Å². The molecule has 0 bridgehead atoms. The summed E-state index contributed by atoms with van der Waals surface area (Å²) in [6.07, 6.45) is 3.40. The van der Waals surface area contributed by atoms with Crippen LogP contribution in [0, 0.1) is 11.3 Å². The van der Waals surface area contributed by atoms with E-state index in [9.17, 15) is 10.1 Å². The highest BCUT2D eigenvalue weighted by Gasteiger charge is 2.21. The second-order valence-electron chi connectivity index (χ2n) is 6.21. The highest BCUT2D eigenvalue weighted by atomic mass is 16.5. The molecule has 1 aromatic heterocycles. The summed E-state index contributed by atoms with van der Waals surface area (Å²) in [5.41, 5.74) is 8.36. The van der Waals surface area contributed by atoms with Crippen LogP contribution in [0.15, 0.2) is 60.8 Å². The van der Waals surface area contributed by atoms with Crippen molar-refractivity contribution in [2.24, 2.45) is 0 Å². The van der Waals surface area contributed by atoms with Gasteiger partial charge in [-0.05, 0) is 42.7 Å². The Balaban J connectivity index is 1.68. The van der Waals surface area contributed by atoms with Gasteiger partial charge in [0.15, 0.2) is 5.69 Å². The Morgan fingerprint density at radius 3 is 2.50 bits per heavy atom. The van der Waals surface area contributed by atoms with E-state index in [1.807, 2.05) is 36.4 Å². The molecule has 3 aromatic rings. The van der Waals surface area contributed by atoms with Gasteiger partial charge in [-0.25, -0.2) is 4.79 Å². The number of esters is 1. The summed E-state index contributed by atoms with van der Waals surface area (Å²) in [4.78, 5) is 12.1. The lowest BCUT2D eigenvalue weighted by Crippen LogP contribution is -2.11. The lowest BCUT2D eigenvalue weighted by Gasteiger charge is -2.10. The van der Waals surface area contributed by atoms with Crippen molar-refractivity contribution in [3.05, 3.63) is 77.6 Å². The number of carbonyl (C=O) groups excluding carboxylic acids is 1. The second-order valence-corrected chi connectivity index (χ2v) is 6.21. The van der Waals surface area contributed by atoms with Gasteiger partial charge in [0.05, 0.1) is 25.0 Å². The van der Waals surface area contributed by atoms with Crippen LogP contribution in [0.3, 0.4) is 0 Å². The van der Waals surface area contributed by atoms with Gasteiger partial charge in [-0.2, -0.15) is 5.26 Å². The van der Waals surface area contributed by atoms with Crippen molar-refractivity contribution in [1.29, 1.82) is 5.26 Å². The molecule has 6 nitrogen and oxygen atoms in total. The Labute approximate surface area is 163 Å². The number of methoxy groups -OCH3 is 1. The van der Waals surface area contributed by atoms with Crippen LogP contribution in [0.4, 0.5) is 5.69 Å². The van der Waals surface area contributed by atoms with E-state index < -0.39 is 5.97 Å². The first-order valence-electron chi connectivity index (χ1n) is 8.90. The van der Waals surface area contributed by atoms with Crippen LogP contribution in [0.5, 0.6) is 5.75 Å². The van der Waals surface area contributed by atoms with Crippen LogP contribution in [0.25, 0.3) is 5.69 Å². The Kier molecular flexibility index (Phi) is 5.97. The zero-order chi connectivity index (χ0) is 19.9. The fourth-order valence-corrected chi connectivity index (χ4v) is 2.93. The van der Waals surface area contributed by atoms with E-state index in [1.165, 1.54) is 18.9 Å². The zero-order valence-electron chi connectivity index (χ0n) is 15.6. The van der Waals surface area contributed by atoms with E-state index in [2.05, 4.69) is 12.1 Å². The van der Waals surface area contributed by atoms with Crippen LogP contribution in [0.2, 0.25) is 0 Å². The molecular weight excluding hydrogens is 354 g/mol. The molecule has 0 amide bonds. The van der Waals surface area contributed by atoms with Crippen molar-refractivity contribution < 1.29 is 14.3 Å². The molecule has 0 spiro atoms. The first kappa shape index (κ1) is 19.1. The van der Waals surface area contributed by atoms with Gasteiger partial charge < -0.3 is 19.8 Å². The Morgan fingerprint density at radius 1 is 1.14 bits per heavy atom. The molecule has 0 fully saturated rings. The van der Waals surface area contributed by atoms with Crippen molar-refractivity contribution in [2.75, 3.05) is 19.5 Å². The monoisotopic (exact) mass is 375 g/mol. The fourth-order valence-electron chi connectivity index (χ4n) is 2.93. The Morgan fingerprint density at radius 2 is 1.86 bits per heavy atom. The number of hydrogen-bond acceptors (Lipinski definition) is 5. The van der Waals surface area contributed by atoms with Gasteiger partial charge >= 0.3 is 5.97 Å². The number of hydrogen-bond donors (Lipinski definition) is 1. The Bertz CT molecular complexity index is 986. The van der Waals surface area contributed by atoms with E-state index in [-0.39, 0.29) is 16.9 Å². The fraction of sp³-hybridized carbons (Fsp3) is 0.182. The number of rotatable bonds is 7. The van der Waals surface area contributed by atoms with Gasteiger partial charge in [-0.1, -0.05) is 30.3 Å². The number of aromatic nitrogens is 1. The molecule has 0 unspecified atom stereocenters. The molecule has 0 radical (unpaired) electrons. The minimum atomic E-state index is -0.597. The number of anilines is 1. The van der Waals surface area contributed by atoms with Crippen LogP contribution in [-0.4, -0.2) is 24.3 Å². The third kappa shape index (κ3) is 4.15. The summed E-state index contributed by atoms with van der Waals surface area (Å²) >= 11 is 0. The van der Waals surface area contributed by atoms with Crippen LogP contribution >= 0.6 is 0 Å². The molecular formula is C22H21N3O3. The number of nitriles is 1. The average Bonchev–Trinajstić information content (AvgIpc) is 3.08. The van der Waals surface area contributed by atoms with E-state index in [0.29, 0.717) is 12.3 Å². The van der Waals surface area contributed by atoms with Gasteiger partial charge in [-0.15, -0.1) is 0 Å². The maximum absolute atomic E-state index is 12.1. The van der Waals surface area contributed by atoms with Crippen LogP contribution < -0.4 is 10.5 Å². The second kappa shape index (κ2) is 8.78. The molecule has 28 heavy (non-hydrogen) atoms. The minimum absolute atomic E-state index is 0.107. The van der Waals surface area contributed by atoms with Crippen molar-refractivity contribution in [3.63, 3.8) is 0 Å². The van der Waals surface area contributed by atoms with Gasteiger partial charge in [0.1, 0.15) is 11.8 Å². The van der Waals surface area contributed by atoms with E-state index in [1.54, 1.807) is 16.7 Å². The molecule has 6 heteroatoms. The third-order valence-corrected chi connectivity index (χ3v) is 4.38. The van der Waals surface area contributed by atoms with Crippen LogP contribution in [0.1, 0.15) is 28.0 Å². The molecule has 142 valence electrons. The Hall–Kier alpha value is -3.72. The summed E-state index contributed by atoms with van der Waals surface area (Å²) in [7, 11) is 1.28. The average molecular weight is 375 g/mol. The summed E-state index contributed by atoms with van der Waals surface area (Å²) in [5, 5.41) is 9.19. The molecule has 0 aliphatic carbocycles. The van der Waals surface area contributed by atoms with Gasteiger partial charge in [0.2, 0.25) is 0 Å². The topological polar surface area (TPSA) is 90.3 Å². The quantitative estimate of drug-likeness (QED) is 0.502. The molecule has 3 rings (SSSR count). The number of carbonyl (C=O) groups is 1. The number of benzene rings is 2. The van der Waals surface area contributed by atoms with Gasteiger partial charge in [-0.3, -0.25) is 0 Å². The van der Waals surface area contributed by atoms with Gasteiger partial charge in [0, 0.05) is 11.9 Å². The minimum Gasteiger partial charge on any atom is -0.494 e. The SMILES string of the molecule is COC(=O)c1c(N)c(C#N)cn1-c1ccc(OCCCc2ccccc2)cc1. The summed E-state index contributed by atoms with van der Waals surface area (Å²) in [5.74, 6) is 0.136. The van der Waals surface area contributed by atoms with E-state index >= 15 is 0 Å². The van der Waals surface area contributed by atoms with Crippen molar-refractivity contribution >= 4 is 11.7 Å². The molecule has 0 saturated heterocycles. The maximum Gasteiger partial charge on any atom is 0.357 e. The number of nitrogens with two attached hydrogens (primary N) is 1. The predicted molar refractivity (Wildman–Crippen MR) is 106 cm³/mol. The molecule has 1 heterocycles. The summed E-state index contributed by atoms with van der Waals surface area (Å²) in [6, 6.07) is 19.5.